The zero-order chi connectivity index (χ0) is 23.0. The van der Waals surface area contributed by atoms with Gasteiger partial charge in [-0.2, -0.15) is 0 Å². The van der Waals surface area contributed by atoms with Gasteiger partial charge in [0.25, 0.3) is 0 Å². The van der Waals surface area contributed by atoms with Gasteiger partial charge in [-0.1, -0.05) is 25.5 Å². The van der Waals surface area contributed by atoms with Crippen molar-refractivity contribution in [2.45, 2.75) is 39.2 Å². The molecule has 3 aromatic rings. The van der Waals surface area contributed by atoms with Gasteiger partial charge in [0, 0.05) is 42.7 Å². The van der Waals surface area contributed by atoms with Crippen molar-refractivity contribution in [3.63, 3.8) is 0 Å². The van der Waals surface area contributed by atoms with Crippen LogP contribution in [0.3, 0.4) is 0 Å². The van der Waals surface area contributed by atoms with Crippen molar-refractivity contribution in [2.75, 3.05) is 11.9 Å². The lowest BCUT2D eigenvalue weighted by Crippen LogP contribution is -2.31. The zero-order valence-electron chi connectivity index (χ0n) is 18.8. The van der Waals surface area contributed by atoms with Gasteiger partial charge in [0.2, 0.25) is 11.8 Å². The molecule has 1 aliphatic heterocycles. The van der Waals surface area contributed by atoms with E-state index in [2.05, 4.69) is 45.0 Å². The minimum absolute atomic E-state index is 0.0647. The topological polar surface area (TPSA) is 96.0 Å². The first-order valence-corrected chi connectivity index (χ1v) is 11.4. The fourth-order valence-corrected chi connectivity index (χ4v) is 3.72. The van der Waals surface area contributed by atoms with E-state index in [0.717, 1.165) is 46.7 Å². The number of aromatic nitrogens is 2. The second-order valence-corrected chi connectivity index (χ2v) is 8.32. The first-order valence-electron chi connectivity index (χ1n) is 11.4. The molecule has 0 bridgehead atoms. The van der Waals surface area contributed by atoms with Gasteiger partial charge in [-0.25, -0.2) is 0 Å². The Morgan fingerprint density at radius 2 is 1.85 bits per heavy atom. The average molecular weight is 444 g/mol. The third-order valence-electron chi connectivity index (χ3n) is 5.73. The molecule has 1 unspecified atom stereocenters. The minimum Gasteiger partial charge on any atom is -0.355 e. The second kappa shape index (κ2) is 10.7. The molecule has 7 nitrogen and oxygen atoms in total. The normalized spacial score (nSPS) is 15.2. The van der Waals surface area contributed by atoms with E-state index in [1.54, 1.807) is 0 Å². The highest BCUT2D eigenvalue weighted by Crippen LogP contribution is 2.21. The van der Waals surface area contributed by atoms with Crippen molar-refractivity contribution < 1.29 is 9.59 Å². The standard InChI is InChI=1S/C26H29N5O2/c1-2-3-4-21-10-7-19(15-27-21)24-12-11-23(17-28-24)31-22-8-5-18(6-9-22)14-30-26(33)20-13-25(32)29-16-20/h5-12,15,17,20,31H,2-4,13-14,16H2,1H3,(H,29,32)(H,30,33). The molecule has 1 aromatic carbocycles. The first-order chi connectivity index (χ1) is 16.1. The molecular formula is C26H29N5O2. The van der Waals surface area contributed by atoms with Crippen molar-refractivity contribution in [3.8, 4) is 11.3 Å². The molecule has 1 saturated heterocycles. The minimum atomic E-state index is -0.274. The summed E-state index contributed by atoms with van der Waals surface area (Å²) in [5.74, 6) is -0.429. The molecule has 2 aromatic heterocycles. The third-order valence-corrected chi connectivity index (χ3v) is 5.73. The summed E-state index contributed by atoms with van der Waals surface area (Å²) < 4.78 is 0. The van der Waals surface area contributed by atoms with Crippen molar-refractivity contribution in [1.29, 1.82) is 0 Å². The number of nitrogens with one attached hydrogen (secondary N) is 3. The third kappa shape index (κ3) is 6.16. The van der Waals surface area contributed by atoms with E-state index in [0.29, 0.717) is 13.1 Å². The Morgan fingerprint density at radius 3 is 2.48 bits per heavy atom. The van der Waals surface area contributed by atoms with Gasteiger partial charge in [-0.05, 0) is 54.8 Å². The van der Waals surface area contributed by atoms with Gasteiger partial charge in [0.05, 0.1) is 23.5 Å². The molecule has 170 valence electrons. The van der Waals surface area contributed by atoms with E-state index in [1.165, 1.54) is 6.42 Å². The molecule has 1 atom stereocenters. The predicted molar refractivity (Wildman–Crippen MR) is 129 cm³/mol. The van der Waals surface area contributed by atoms with Crippen LogP contribution in [-0.2, 0) is 22.6 Å². The summed E-state index contributed by atoms with van der Waals surface area (Å²) in [6.45, 7) is 3.04. The molecule has 1 fully saturated rings. The Kier molecular flexibility index (Phi) is 7.29. The maximum atomic E-state index is 12.1. The first kappa shape index (κ1) is 22.5. The number of hydrogen-bond donors (Lipinski definition) is 3. The molecule has 0 aliphatic carbocycles. The fraction of sp³-hybridized carbons (Fsp3) is 0.308. The van der Waals surface area contributed by atoms with E-state index in [-0.39, 0.29) is 24.2 Å². The Morgan fingerprint density at radius 1 is 1.03 bits per heavy atom. The molecule has 0 spiro atoms. The number of rotatable bonds is 9. The lowest BCUT2D eigenvalue weighted by molar-refractivity contribution is -0.126. The van der Waals surface area contributed by atoms with Crippen molar-refractivity contribution in [1.82, 2.24) is 20.6 Å². The Hall–Kier alpha value is -3.74. The number of carbonyl (C=O) groups is 2. The Labute approximate surface area is 194 Å². The molecule has 3 heterocycles. The number of anilines is 2. The van der Waals surface area contributed by atoms with E-state index in [1.807, 2.05) is 48.8 Å². The van der Waals surface area contributed by atoms with E-state index in [9.17, 15) is 9.59 Å². The summed E-state index contributed by atoms with van der Waals surface area (Å²) in [5, 5.41) is 8.93. The predicted octanol–water partition coefficient (Wildman–Crippen LogP) is 3.98. The highest BCUT2D eigenvalue weighted by molar-refractivity contribution is 5.89. The van der Waals surface area contributed by atoms with Gasteiger partial charge in [0.15, 0.2) is 0 Å². The van der Waals surface area contributed by atoms with Crippen LogP contribution in [0.1, 0.15) is 37.4 Å². The van der Waals surface area contributed by atoms with Crippen LogP contribution in [0.15, 0.2) is 60.9 Å². The van der Waals surface area contributed by atoms with Crippen LogP contribution in [0.25, 0.3) is 11.3 Å². The summed E-state index contributed by atoms with van der Waals surface area (Å²) in [7, 11) is 0. The number of aryl methyl sites for hydroxylation is 1. The van der Waals surface area contributed by atoms with Crippen LogP contribution in [0.4, 0.5) is 11.4 Å². The smallest absolute Gasteiger partial charge is 0.225 e. The Bertz CT molecular complexity index is 1080. The van der Waals surface area contributed by atoms with Crippen LogP contribution in [0.2, 0.25) is 0 Å². The fourth-order valence-electron chi connectivity index (χ4n) is 3.72. The summed E-state index contributed by atoms with van der Waals surface area (Å²) in [6, 6.07) is 16.0. The number of pyridine rings is 2. The number of nitrogens with zero attached hydrogens (tertiary/aromatic N) is 2. The van der Waals surface area contributed by atoms with Crippen molar-refractivity contribution in [2.24, 2.45) is 5.92 Å². The summed E-state index contributed by atoms with van der Waals surface area (Å²) >= 11 is 0. The summed E-state index contributed by atoms with van der Waals surface area (Å²) in [6.07, 6.45) is 7.30. The van der Waals surface area contributed by atoms with Gasteiger partial charge in [-0.15, -0.1) is 0 Å². The number of amides is 2. The molecule has 4 rings (SSSR count). The van der Waals surface area contributed by atoms with Crippen LogP contribution in [0.5, 0.6) is 0 Å². The average Bonchev–Trinajstić information content (AvgIpc) is 3.29. The van der Waals surface area contributed by atoms with Crippen LogP contribution < -0.4 is 16.0 Å². The van der Waals surface area contributed by atoms with Crippen molar-refractivity contribution >= 4 is 23.2 Å². The van der Waals surface area contributed by atoms with Gasteiger partial charge in [0.1, 0.15) is 0 Å². The summed E-state index contributed by atoms with van der Waals surface area (Å²) in [4.78, 5) is 32.5. The molecular weight excluding hydrogens is 414 g/mol. The van der Waals surface area contributed by atoms with E-state index >= 15 is 0 Å². The van der Waals surface area contributed by atoms with Crippen LogP contribution >= 0.6 is 0 Å². The quantitative estimate of drug-likeness (QED) is 0.465. The zero-order valence-corrected chi connectivity index (χ0v) is 18.8. The molecule has 7 heteroatoms. The van der Waals surface area contributed by atoms with Gasteiger partial charge in [-0.3, -0.25) is 19.6 Å². The van der Waals surface area contributed by atoms with E-state index < -0.39 is 0 Å². The van der Waals surface area contributed by atoms with Crippen molar-refractivity contribution in [3.05, 3.63) is 72.2 Å². The molecule has 3 N–H and O–H groups in total. The number of unbranched alkanes of at least 4 members (excludes halogenated alkanes) is 1. The molecule has 0 saturated carbocycles. The molecule has 2 amide bonds. The largest absolute Gasteiger partial charge is 0.355 e. The van der Waals surface area contributed by atoms with E-state index in [4.69, 9.17) is 0 Å². The maximum absolute atomic E-state index is 12.1. The number of hydrogen-bond acceptors (Lipinski definition) is 5. The van der Waals surface area contributed by atoms with Gasteiger partial charge < -0.3 is 16.0 Å². The highest BCUT2D eigenvalue weighted by Gasteiger charge is 2.27. The Balaban J connectivity index is 1.29. The number of carbonyl (C=O) groups excluding carboxylic acids is 2. The number of benzene rings is 1. The lowest BCUT2D eigenvalue weighted by atomic mass is 10.1. The lowest BCUT2D eigenvalue weighted by Gasteiger charge is -2.11. The molecule has 1 aliphatic rings. The second-order valence-electron chi connectivity index (χ2n) is 8.32. The molecule has 0 radical (unpaired) electrons. The summed E-state index contributed by atoms with van der Waals surface area (Å²) in [5.41, 5.74) is 5.84. The molecule has 33 heavy (non-hydrogen) atoms. The van der Waals surface area contributed by atoms with Crippen LogP contribution in [-0.4, -0.2) is 28.3 Å². The monoisotopic (exact) mass is 443 g/mol. The van der Waals surface area contributed by atoms with Crippen LogP contribution in [0, 0.1) is 5.92 Å². The van der Waals surface area contributed by atoms with Gasteiger partial charge >= 0.3 is 0 Å². The highest BCUT2D eigenvalue weighted by atomic mass is 16.2. The SMILES string of the molecule is CCCCc1ccc(-c2ccc(Nc3ccc(CNC(=O)C4CNC(=O)C4)cc3)cn2)cn1. The maximum Gasteiger partial charge on any atom is 0.225 e.